The molecule has 24 heavy (non-hydrogen) atoms. The Bertz CT molecular complexity index is 900. The molecule has 1 amide bonds. The molecule has 1 N–H and O–H groups in total. The van der Waals surface area contributed by atoms with E-state index in [1.54, 1.807) is 0 Å². The highest BCUT2D eigenvalue weighted by atomic mass is 35.5. The Morgan fingerprint density at radius 2 is 1.83 bits per heavy atom. The number of hydrogen-bond donors (Lipinski definition) is 1. The molecule has 0 saturated carbocycles. The van der Waals surface area contributed by atoms with E-state index in [0.29, 0.717) is 0 Å². The molecule has 0 spiro atoms. The van der Waals surface area contributed by atoms with E-state index in [2.05, 4.69) is 5.32 Å². The van der Waals surface area contributed by atoms with Crippen LogP contribution < -0.4 is 5.32 Å². The number of hydrogen-bond acceptors (Lipinski definition) is 3. The van der Waals surface area contributed by atoms with Crippen LogP contribution >= 0.6 is 11.6 Å². The maximum absolute atomic E-state index is 13.7. The summed E-state index contributed by atoms with van der Waals surface area (Å²) in [4.78, 5) is 12.1. The molecule has 0 saturated heterocycles. The number of rotatable bonds is 4. The summed E-state index contributed by atoms with van der Waals surface area (Å²) in [6.45, 7) is 1.53. The zero-order valence-electron chi connectivity index (χ0n) is 12.8. The van der Waals surface area contributed by atoms with Gasteiger partial charge >= 0.3 is 0 Å². The summed E-state index contributed by atoms with van der Waals surface area (Å²) in [6.07, 6.45) is 0.979. The van der Waals surface area contributed by atoms with Crippen molar-refractivity contribution in [1.82, 2.24) is 5.32 Å². The summed E-state index contributed by atoms with van der Waals surface area (Å²) in [6, 6.07) is 6.12. The van der Waals surface area contributed by atoms with E-state index in [1.807, 2.05) is 0 Å². The van der Waals surface area contributed by atoms with Crippen molar-refractivity contribution in [2.45, 2.75) is 17.9 Å². The van der Waals surface area contributed by atoms with E-state index < -0.39 is 33.4 Å². The van der Waals surface area contributed by atoms with Gasteiger partial charge in [-0.2, -0.15) is 0 Å². The lowest BCUT2D eigenvalue weighted by Crippen LogP contribution is -2.27. The lowest BCUT2D eigenvalue weighted by atomic mass is 10.1. The minimum absolute atomic E-state index is 0.00618. The van der Waals surface area contributed by atoms with Crippen molar-refractivity contribution >= 4 is 27.3 Å². The predicted octanol–water partition coefficient (Wildman–Crippen LogP) is 3.51. The first-order valence-electron chi connectivity index (χ1n) is 6.85. The molecule has 128 valence electrons. The molecule has 0 aliphatic heterocycles. The fraction of sp³-hybridized carbons (Fsp3) is 0.188. The summed E-state index contributed by atoms with van der Waals surface area (Å²) in [5, 5.41) is 2.54. The molecule has 0 radical (unpaired) electrons. The highest BCUT2D eigenvalue weighted by Gasteiger charge is 2.18. The predicted molar refractivity (Wildman–Crippen MR) is 86.8 cm³/mol. The molecular formula is C16H14ClF2NO3S. The molecule has 2 aromatic rings. The standard InChI is InChI=1S/C16H14ClF2NO3S/c1-9(12-5-4-11(18)8-14(12)19)20-16(21)10-3-6-13(17)15(7-10)24(2,22)23/h3-9H,1-2H3,(H,20,21). The van der Waals surface area contributed by atoms with E-state index in [4.69, 9.17) is 11.6 Å². The highest BCUT2D eigenvalue weighted by molar-refractivity contribution is 7.90. The molecule has 0 aliphatic carbocycles. The number of sulfone groups is 1. The van der Waals surface area contributed by atoms with Crippen LogP contribution in [0.25, 0.3) is 0 Å². The Hall–Kier alpha value is -1.99. The smallest absolute Gasteiger partial charge is 0.251 e. The zero-order chi connectivity index (χ0) is 18.1. The molecule has 0 aliphatic rings. The van der Waals surface area contributed by atoms with Gasteiger partial charge in [0.15, 0.2) is 9.84 Å². The Balaban J connectivity index is 2.27. The van der Waals surface area contributed by atoms with Crippen LogP contribution in [0.3, 0.4) is 0 Å². The molecule has 2 aromatic carbocycles. The van der Waals surface area contributed by atoms with Gasteiger partial charge < -0.3 is 5.32 Å². The van der Waals surface area contributed by atoms with Crippen molar-refractivity contribution in [3.8, 4) is 0 Å². The summed E-state index contributed by atoms with van der Waals surface area (Å²) in [5.74, 6) is -2.10. The van der Waals surface area contributed by atoms with Gasteiger partial charge in [0.25, 0.3) is 5.91 Å². The molecule has 4 nitrogen and oxygen atoms in total. The summed E-state index contributed by atoms with van der Waals surface area (Å²) in [7, 11) is -3.60. The van der Waals surface area contributed by atoms with Gasteiger partial charge in [0, 0.05) is 23.4 Å². The van der Waals surface area contributed by atoms with Gasteiger partial charge in [-0.15, -0.1) is 0 Å². The number of benzene rings is 2. The fourth-order valence-electron chi connectivity index (χ4n) is 2.14. The van der Waals surface area contributed by atoms with Crippen LogP contribution in [0.4, 0.5) is 8.78 Å². The second-order valence-electron chi connectivity index (χ2n) is 5.28. The van der Waals surface area contributed by atoms with Crippen LogP contribution in [0.2, 0.25) is 5.02 Å². The molecular weight excluding hydrogens is 360 g/mol. The van der Waals surface area contributed by atoms with Crippen molar-refractivity contribution in [1.29, 1.82) is 0 Å². The van der Waals surface area contributed by atoms with Gasteiger partial charge in [0.2, 0.25) is 0 Å². The van der Waals surface area contributed by atoms with Gasteiger partial charge in [0.1, 0.15) is 11.6 Å². The number of amides is 1. The first kappa shape index (κ1) is 18.4. The quantitative estimate of drug-likeness (QED) is 0.892. The van der Waals surface area contributed by atoms with Crippen LogP contribution in [0.15, 0.2) is 41.3 Å². The summed E-state index contributed by atoms with van der Waals surface area (Å²) >= 11 is 5.83. The van der Waals surface area contributed by atoms with Gasteiger partial charge in [-0.1, -0.05) is 17.7 Å². The largest absolute Gasteiger partial charge is 0.345 e. The average molecular weight is 374 g/mol. The highest BCUT2D eigenvalue weighted by Crippen LogP contribution is 2.23. The third-order valence-electron chi connectivity index (χ3n) is 3.37. The number of halogens is 3. The van der Waals surface area contributed by atoms with E-state index >= 15 is 0 Å². The molecule has 1 atom stereocenters. The maximum Gasteiger partial charge on any atom is 0.251 e. The van der Waals surface area contributed by atoms with Crippen molar-refractivity contribution in [3.05, 3.63) is 64.2 Å². The van der Waals surface area contributed by atoms with E-state index in [9.17, 15) is 22.0 Å². The van der Waals surface area contributed by atoms with Gasteiger partial charge in [-0.25, -0.2) is 17.2 Å². The zero-order valence-corrected chi connectivity index (χ0v) is 14.4. The first-order valence-corrected chi connectivity index (χ1v) is 9.12. The van der Waals surface area contributed by atoms with E-state index in [-0.39, 0.29) is 21.0 Å². The number of carbonyl (C=O) groups excluding carboxylic acids is 1. The van der Waals surface area contributed by atoms with Crippen molar-refractivity contribution in [3.63, 3.8) is 0 Å². The minimum Gasteiger partial charge on any atom is -0.345 e. The SMILES string of the molecule is CC(NC(=O)c1ccc(Cl)c(S(C)(=O)=O)c1)c1ccc(F)cc1F. The van der Waals surface area contributed by atoms with Gasteiger partial charge in [-0.05, 0) is 31.2 Å². The second-order valence-corrected chi connectivity index (χ2v) is 7.67. The molecule has 0 fully saturated rings. The molecule has 1 unspecified atom stereocenters. The minimum atomic E-state index is -3.60. The Labute approximate surface area is 143 Å². The number of nitrogens with one attached hydrogen (secondary N) is 1. The van der Waals surface area contributed by atoms with Gasteiger partial charge in [0.05, 0.1) is 16.0 Å². The lowest BCUT2D eigenvalue weighted by Gasteiger charge is -2.15. The maximum atomic E-state index is 13.7. The van der Waals surface area contributed by atoms with Crippen LogP contribution in [0, 0.1) is 11.6 Å². The van der Waals surface area contributed by atoms with Crippen molar-refractivity contribution < 1.29 is 22.0 Å². The lowest BCUT2D eigenvalue weighted by molar-refractivity contribution is 0.0939. The summed E-state index contributed by atoms with van der Waals surface area (Å²) < 4.78 is 50.0. The molecule has 0 aromatic heterocycles. The normalized spacial score (nSPS) is 12.7. The van der Waals surface area contributed by atoms with E-state index in [1.165, 1.54) is 25.1 Å². The Kier molecular flexibility index (Phi) is 5.25. The molecule has 2 rings (SSSR count). The number of carbonyl (C=O) groups is 1. The van der Waals surface area contributed by atoms with E-state index in [0.717, 1.165) is 24.5 Å². The molecule has 0 heterocycles. The average Bonchev–Trinajstić information content (AvgIpc) is 2.46. The van der Waals surface area contributed by atoms with Crippen molar-refractivity contribution in [2.24, 2.45) is 0 Å². The van der Waals surface area contributed by atoms with Gasteiger partial charge in [-0.3, -0.25) is 4.79 Å². The molecule has 0 bridgehead atoms. The fourth-order valence-corrected chi connectivity index (χ4v) is 3.44. The van der Waals surface area contributed by atoms with Crippen molar-refractivity contribution in [2.75, 3.05) is 6.26 Å². The second kappa shape index (κ2) is 6.86. The summed E-state index contributed by atoms with van der Waals surface area (Å²) in [5.41, 5.74) is 0.177. The Morgan fingerprint density at radius 3 is 2.42 bits per heavy atom. The monoisotopic (exact) mass is 373 g/mol. The Morgan fingerprint density at radius 1 is 1.17 bits per heavy atom. The van der Waals surface area contributed by atoms with Crippen LogP contribution in [0.1, 0.15) is 28.9 Å². The topological polar surface area (TPSA) is 63.2 Å². The third-order valence-corrected chi connectivity index (χ3v) is 4.95. The molecule has 8 heteroatoms. The van der Waals surface area contributed by atoms with Crippen LogP contribution in [-0.2, 0) is 9.84 Å². The third kappa shape index (κ3) is 4.10. The van der Waals surface area contributed by atoms with Crippen LogP contribution in [0.5, 0.6) is 0 Å². The first-order chi connectivity index (χ1) is 11.1. The van der Waals surface area contributed by atoms with Crippen LogP contribution in [-0.4, -0.2) is 20.6 Å².